The molecule has 0 fully saturated rings. The molecular formula is C7H7Cl3N2O2. The Morgan fingerprint density at radius 1 is 1.64 bits per heavy atom. The third kappa shape index (κ3) is 3.70. The van der Waals surface area contributed by atoms with Crippen LogP contribution in [0.15, 0.2) is 0 Å². The van der Waals surface area contributed by atoms with Crippen LogP contribution in [0.1, 0.15) is 6.92 Å². The van der Waals surface area contributed by atoms with E-state index in [1.807, 2.05) is 0 Å². The minimum Gasteiger partial charge on any atom is -0.465 e. The van der Waals surface area contributed by atoms with Crippen molar-refractivity contribution in [2.45, 2.75) is 10.7 Å². The molecule has 0 spiro atoms. The summed E-state index contributed by atoms with van der Waals surface area (Å²) >= 11 is 16.0. The van der Waals surface area contributed by atoms with Gasteiger partial charge in [0.15, 0.2) is 5.92 Å². The van der Waals surface area contributed by atoms with E-state index in [4.69, 9.17) is 45.5 Å². The van der Waals surface area contributed by atoms with E-state index < -0.39 is 21.4 Å². The molecule has 0 saturated carbocycles. The fraction of sp³-hybridized carbons (Fsp3) is 0.571. The summed E-state index contributed by atoms with van der Waals surface area (Å²) in [6, 6.07) is 1.54. The lowest BCUT2D eigenvalue weighted by Crippen LogP contribution is -2.32. The molecule has 0 radical (unpaired) electrons. The molecule has 0 aliphatic carbocycles. The summed E-state index contributed by atoms with van der Waals surface area (Å²) in [7, 11) is 0. The van der Waals surface area contributed by atoms with Crippen molar-refractivity contribution < 1.29 is 9.53 Å². The molecule has 0 unspecified atom stereocenters. The standard InChI is InChI=1S/C7H7Cl3N2O2/c1-2-14-6(13)4(3-11)5(12)7(8,9)10/h4,12H,2H2,1H3/t4-/m0/s1. The number of hydrogen-bond donors (Lipinski definition) is 1. The van der Waals surface area contributed by atoms with Gasteiger partial charge in [-0.05, 0) is 6.92 Å². The number of alkyl halides is 3. The first-order chi connectivity index (χ1) is 6.34. The second-order valence-corrected chi connectivity index (χ2v) is 4.51. The fourth-order valence-corrected chi connectivity index (χ4v) is 0.952. The molecule has 0 aromatic carbocycles. The maximum Gasteiger partial charge on any atom is 0.329 e. The molecule has 0 aliphatic heterocycles. The van der Waals surface area contributed by atoms with E-state index in [2.05, 4.69) is 4.74 Å². The normalized spacial score (nSPS) is 12.8. The summed E-state index contributed by atoms with van der Waals surface area (Å²) in [5, 5.41) is 15.9. The maximum absolute atomic E-state index is 11.1. The van der Waals surface area contributed by atoms with E-state index >= 15 is 0 Å². The molecule has 0 amide bonds. The number of ether oxygens (including phenoxy) is 1. The van der Waals surface area contributed by atoms with Gasteiger partial charge in [0.2, 0.25) is 3.79 Å². The molecule has 78 valence electrons. The van der Waals surface area contributed by atoms with Crippen molar-refractivity contribution in [2.24, 2.45) is 5.92 Å². The van der Waals surface area contributed by atoms with Crippen molar-refractivity contribution >= 4 is 46.5 Å². The summed E-state index contributed by atoms with van der Waals surface area (Å²) in [4.78, 5) is 11.1. The Bertz CT molecular complexity index is 280. The Morgan fingerprint density at radius 2 is 2.14 bits per heavy atom. The minimum absolute atomic E-state index is 0.101. The molecular weight excluding hydrogens is 250 g/mol. The summed E-state index contributed by atoms with van der Waals surface area (Å²) in [5.74, 6) is -2.35. The van der Waals surface area contributed by atoms with Crippen LogP contribution in [-0.4, -0.2) is 22.1 Å². The second-order valence-electron chi connectivity index (χ2n) is 2.23. The summed E-state index contributed by atoms with van der Waals surface area (Å²) in [6.45, 7) is 1.68. The van der Waals surface area contributed by atoms with Crippen LogP contribution >= 0.6 is 34.8 Å². The Labute approximate surface area is 96.2 Å². The van der Waals surface area contributed by atoms with Gasteiger partial charge in [-0.3, -0.25) is 4.79 Å². The molecule has 14 heavy (non-hydrogen) atoms. The quantitative estimate of drug-likeness (QED) is 0.478. The first-order valence-electron chi connectivity index (χ1n) is 3.56. The zero-order chi connectivity index (χ0) is 11.4. The molecule has 0 heterocycles. The molecule has 0 saturated heterocycles. The molecule has 1 N–H and O–H groups in total. The van der Waals surface area contributed by atoms with E-state index in [1.165, 1.54) is 0 Å². The number of esters is 1. The highest BCUT2D eigenvalue weighted by molar-refractivity contribution is 6.77. The number of nitrogens with zero attached hydrogens (tertiary/aromatic N) is 1. The van der Waals surface area contributed by atoms with Crippen LogP contribution in [0.4, 0.5) is 0 Å². The van der Waals surface area contributed by atoms with Gasteiger partial charge in [-0.1, -0.05) is 34.8 Å². The topological polar surface area (TPSA) is 73.9 Å². The van der Waals surface area contributed by atoms with Crippen molar-refractivity contribution in [3.8, 4) is 6.07 Å². The average molecular weight is 258 g/mol. The number of rotatable bonds is 3. The number of carbonyl (C=O) groups is 1. The van der Waals surface area contributed by atoms with Gasteiger partial charge in [0.25, 0.3) is 0 Å². The smallest absolute Gasteiger partial charge is 0.329 e. The van der Waals surface area contributed by atoms with E-state index in [0.29, 0.717) is 0 Å². The van der Waals surface area contributed by atoms with Crippen molar-refractivity contribution in [3.05, 3.63) is 0 Å². The molecule has 0 aliphatic rings. The van der Waals surface area contributed by atoms with Crippen molar-refractivity contribution in [2.75, 3.05) is 6.61 Å². The highest BCUT2D eigenvalue weighted by Crippen LogP contribution is 2.30. The van der Waals surface area contributed by atoms with Crippen LogP contribution in [0.25, 0.3) is 0 Å². The number of nitriles is 1. The number of hydrogen-bond acceptors (Lipinski definition) is 4. The van der Waals surface area contributed by atoms with Gasteiger partial charge < -0.3 is 10.1 Å². The van der Waals surface area contributed by atoms with E-state index in [1.54, 1.807) is 13.0 Å². The van der Waals surface area contributed by atoms with Crippen molar-refractivity contribution in [1.29, 1.82) is 10.7 Å². The number of nitrogens with one attached hydrogen (secondary N) is 1. The Kier molecular flexibility index (Phi) is 5.21. The Morgan fingerprint density at radius 3 is 2.43 bits per heavy atom. The van der Waals surface area contributed by atoms with Gasteiger partial charge in [-0.2, -0.15) is 5.26 Å². The first-order valence-corrected chi connectivity index (χ1v) is 4.69. The predicted octanol–water partition coefficient (Wildman–Crippen LogP) is 2.08. The zero-order valence-electron chi connectivity index (χ0n) is 7.18. The van der Waals surface area contributed by atoms with Gasteiger partial charge in [0, 0.05) is 0 Å². The van der Waals surface area contributed by atoms with Crippen LogP contribution in [-0.2, 0) is 9.53 Å². The monoisotopic (exact) mass is 256 g/mol. The van der Waals surface area contributed by atoms with Crippen LogP contribution in [0, 0.1) is 22.7 Å². The van der Waals surface area contributed by atoms with E-state index in [-0.39, 0.29) is 6.61 Å². The van der Waals surface area contributed by atoms with Gasteiger partial charge >= 0.3 is 5.97 Å². The molecule has 0 aromatic rings. The van der Waals surface area contributed by atoms with Crippen molar-refractivity contribution in [3.63, 3.8) is 0 Å². The maximum atomic E-state index is 11.1. The van der Waals surface area contributed by atoms with Gasteiger partial charge in [-0.15, -0.1) is 0 Å². The second kappa shape index (κ2) is 5.40. The largest absolute Gasteiger partial charge is 0.465 e. The molecule has 0 rings (SSSR count). The molecule has 0 aromatic heterocycles. The van der Waals surface area contributed by atoms with Crippen LogP contribution in [0.3, 0.4) is 0 Å². The SMILES string of the molecule is CCOC(=O)[C@@H](C#N)C(=N)C(Cl)(Cl)Cl. The van der Waals surface area contributed by atoms with E-state index in [0.717, 1.165) is 0 Å². The molecule has 0 bridgehead atoms. The predicted molar refractivity (Wildman–Crippen MR) is 53.8 cm³/mol. The average Bonchev–Trinajstić information content (AvgIpc) is 2.04. The molecule has 7 heteroatoms. The highest BCUT2D eigenvalue weighted by atomic mass is 35.6. The summed E-state index contributed by atoms with van der Waals surface area (Å²) in [5.41, 5.74) is -0.608. The van der Waals surface area contributed by atoms with Crippen LogP contribution in [0.2, 0.25) is 0 Å². The number of carbonyl (C=O) groups excluding carboxylic acids is 1. The van der Waals surface area contributed by atoms with E-state index in [9.17, 15) is 4.79 Å². The minimum atomic E-state index is -2.06. The molecule has 4 nitrogen and oxygen atoms in total. The summed E-state index contributed by atoms with van der Waals surface area (Å²) in [6.07, 6.45) is 0. The van der Waals surface area contributed by atoms with Crippen LogP contribution < -0.4 is 0 Å². The highest BCUT2D eigenvalue weighted by Gasteiger charge is 2.37. The van der Waals surface area contributed by atoms with Crippen molar-refractivity contribution in [1.82, 2.24) is 0 Å². The lowest BCUT2D eigenvalue weighted by molar-refractivity contribution is -0.144. The first kappa shape index (κ1) is 13.5. The summed E-state index contributed by atoms with van der Waals surface area (Å²) < 4.78 is 2.47. The van der Waals surface area contributed by atoms with Gasteiger partial charge in [0.05, 0.1) is 18.4 Å². The van der Waals surface area contributed by atoms with Crippen LogP contribution in [0.5, 0.6) is 0 Å². The number of halogens is 3. The third-order valence-corrected chi connectivity index (χ3v) is 1.86. The third-order valence-electron chi connectivity index (χ3n) is 1.25. The zero-order valence-corrected chi connectivity index (χ0v) is 9.45. The lowest BCUT2D eigenvalue weighted by atomic mass is 10.1. The fourth-order valence-electron chi connectivity index (χ4n) is 0.624. The molecule has 1 atom stereocenters. The van der Waals surface area contributed by atoms with Gasteiger partial charge in [-0.25, -0.2) is 0 Å². The Hall–Kier alpha value is -0.500. The lowest BCUT2D eigenvalue weighted by Gasteiger charge is -2.15. The van der Waals surface area contributed by atoms with Gasteiger partial charge in [0.1, 0.15) is 0 Å². The Balaban J connectivity index is 4.68.